The summed E-state index contributed by atoms with van der Waals surface area (Å²) >= 11 is 0. The van der Waals surface area contributed by atoms with E-state index in [1.807, 2.05) is 30.3 Å². The van der Waals surface area contributed by atoms with Crippen LogP contribution in [0.25, 0.3) is 0 Å². The van der Waals surface area contributed by atoms with Crippen LogP contribution in [0.4, 0.5) is 4.79 Å². The molecule has 42 heavy (non-hydrogen) atoms. The summed E-state index contributed by atoms with van der Waals surface area (Å²) in [5.74, 6) is -1.46. The Morgan fingerprint density at radius 3 is 2.21 bits per heavy atom. The molecule has 0 radical (unpaired) electrons. The van der Waals surface area contributed by atoms with E-state index in [2.05, 4.69) is 16.0 Å². The second-order valence-electron chi connectivity index (χ2n) is 11.9. The van der Waals surface area contributed by atoms with Crippen molar-refractivity contribution < 1.29 is 28.7 Å². The van der Waals surface area contributed by atoms with Crippen molar-refractivity contribution >= 4 is 23.6 Å². The van der Waals surface area contributed by atoms with Crippen molar-refractivity contribution in [2.75, 3.05) is 32.9 Å². The number of hydrogen-bond donors (Lipinski definition) is 3. The number of carbonyl (C=O) groups is 4. The molecule has 0 bridgehead atoms. The van der Waals surface area contributed by atoms with Gasteiger partial charge in [0.2, 0.25) is 11.7 Å². The Labute approximate surface area is 249 Å². The number of urea groups is 1. The van der Waals surface area contributed by atoms with Crippen molar-refractivity contribution in [1.82, 2.24) is 20.9 Å². The zero-order valence-electron chi connectivity index (χ0n) is 24.8. The molecular formula is C32H48N4O6. The molecule has 3 N–H and O–H groups in total. The minimum Gasteiger partial charge on any atom is -0.378 e. The van der Waals surface area contributed by atoms with Crippen LogP contribution in [0.15, 0.2) is 30.3 Å². The number of carbonyl (C=O) groups excluding carboxylic acids is 4. The number of benzene rings is 1. The molecule has 1 heterocycles. The first-order chi connectivity index (χ1) is 20.5. The van der Waals surface area contributed by atoms with Crippen LogP contribution in [-0.2, 0) is 30.5 Å². The van der Waals surface area contributed by atoms with Gasteiger partial charge in [-0.15, -0.1) is 0 Å². The average molecular weight is 585 g/mol. The highest BCUT2D eigenvalue weighted by atomic mass is 16.5. The van der Waals surface area contributed by atoms with Gasteiger partial charge in [0, 0.05) is 25.7 Å². The number of ether oxygens (including phenoxy) is 2. The number of nitrogens with zero attached hydrogens (tertiary/aromatic N) is 1. The average Bonchev–Trinajstić information content (AvgIpc) is 3.03. The number of nitrogens with one attached hydrogen (secondary N) is 3. The fraction of sp³-hybridized carbons (Fsp3) is 0.688. The highest BCUT2D eigenvalue weighted by Gasteiger charge is 2.33. The largest absolute Gasteiger partial charge is 0.378 e. The molecule has 0 spiro atoms. The molecule has 1 saturated heterocycles. The van der Waals surface area contributed by atoms with E-state index in [9.17, 15) is 19.2 Å². The summed E-state index contributed by atoms with van der Waals surface area (Å²) in [5, 5.41) is 8.67. The third-order valence-electron chi connectivity index (χ3n) is 8.67. The smallest absolute Gasteiger partial charge is 0.318 e. The lowest BCUT2D eigenvalue weighted by molar-refractivity contribution is -0.141. The normalized spacial score (nSPS) is 19.9. The molecule has 4 amide bonds. The van der Waals surface area contributed by atoms with Crippen LogP contribution in [0.2, 0.25) is 0 Å². The number of morpholine rings is 1. The first-order valence-electron chi connectivity index (χ1n) is 15.9. The maximum Gasteiger partial charge on any atom is 0.318 e. The topological polar surface area (TPSA) is 126 Å². The van der Waals surface area contributed by atoms with Crippen LogP contribution < -0.4 is 16.0 Å². The van der Waals surface area contributed by atoms with E-state index in [0.717, 1.165) is 63.4 Å². The van der Waals surface area contributed by atoms with Crippen LogP contribution >= 0.6 is 0 Å². The van der Waals surface area contributed by atoms with Crippen molar-refractivity contribution in [3.05, 3.63) is 35.9 Å². The molecule has 1 aromatic rings. The van der Waals surface area contributed by atoms with Crippen molar-refractivity contribution in [2.45, 2.75) is 102 Å². The summed E-state index contributed by atoms with van der Waals surface area (Å²) in [6, 6.07) is 7.52. The Balaban J connectivity index is 1.41. The minimum atomic E-state index is -1.05. The van der Waals surface area contributed by atoms with Gasteiger partial charge in [-0.3, -0.25) is 14.4 Å². The Morgan fingerprint density at radius 2 is 1.52 bits per heavy atom. The quantitative estimate of drug-likeness (QED) is 0.241. The van der Waals surface area contributed by atoms with Gasteiger partial charge in [-0.05, 0) is 37.2 Å². The Bertz CT molecular complexity index is 1000. The number of hydrogen-bond acceptors (Lipinski definition) is 6. The molecule has 3 fully saturated rings. The summed E-state index contributed by atoms with van der Waals surface area (Å²) in [7, 11) is 0. The van der Waals surface area contributed by atoms with Crippen molar-refractivity contribution in [3.8, 4) is 0 Å². The van der Waals surface area contributed by atoms with Crippen LogP contribution in [0.1, 0.15) is 82.6 Å². The molecule has 10 heteroatoms. The van der Waals surface area contributed by atoms with E-state index in [1.54, 1.807) is 4.90 Å². The Morgan fingerprint density at radius 1 is 0.857 bits per heavy atom. The van der Waals surface area contributed by atoms with E-state index in [-0.39, 0.29) is 25.1 Å². The van der Waals surface area contributed by atoms with Gasteiger partial charge in [0.25, 0.3) is 5.91 Å². The van der Waals surface area contributed by atoms with E-state index in [4.69, 9.17) is 9.47 Å². The molecule has 2 aliphatic carbocycles. The summed E-state index contributed by atoms with van der Waals surface area (Å²) in [6.45, 7) is 2.40. The third kappa shape index (κ3) is 10.4. The monoisotopic (exact) mass is 584 g/mol. The first-order valence-corrected chi connectivity index (χ1v) is 15.9. The van der Waals surface area contributed by atoms with Gasteiger partial charge in [-0.25, -0.2) is 4.79 Å². The lowest BCUT2D eigenvalue weighted by atomic mass is 9.84. The predicted molar refractivity (Wildman–Crippen MR) is 159 cm³/mol. The molecule has 10 nitrogen and oxygen atoms in total. The minimum absolute atomic E-state index is 0.0206. The zero-order valence-corrected chi connectivity index (χ0v) is 24.8. The molecule has 1 aliphatic heterocycles. The summed E-state index contributed by atoms with van der Waals surface area (Å²) in [4.78, 5) is 54.9. The molecule has 1 aromatic carbocycles. The molecular weight excluding hydrogens is 536 g/mol. The molecule has 2 unspecified atom stereocenters. The van der Waals surface area contributed by atoms with Gasteiger partial charge in [-0.2, -0.15) is 0 Å². The standard InChI is InChI=1S/C32H48N4O6/c37-29(31(39)33-26-14-8-3-9-15-26)27(16-19-42-23-25-12-6-2-7-13-25)34-30(38)28(22-24-10-4-1-5-11-24)35-32(40)36-17-20-41-21-18-36/h2,6-7,12-13,24,26-28H,1,3-5,8-11,14-23H2,(H,33,39)(H,34,38)(H,35,40). The van der Waals surface area contributed by atoms with Crippen LogP contribution in [0.3, 0.4) is 0 Å². The van der Waals surface area contributed by atoms with E-state index in [1.165, 1.54) is 6.42 Å². The van der Waals surface area contributed by atoms with Gasteiger partial charge in [-0.1, -0.05) is 81.7 Å². The lowest BCUT2D eigenvalue weighted by Crippen LogP contribution is -2.57. The zero-order chi connectivity index (χ0) is 29.6. The maximum atomic E-state index is 13.7. The van der Waals surface area contributed by atoms with E-state index >= 15 is 0 Å². The van der Waals surface area contributed by atoms with Gasteiger partial charge in [0.05, 0.1) is 25.9 Å². The summed E-state index contributed by atoms with van der Waals surface area (Å²) < 4.78 is 11.2. The fourth-order valence-corrected chi connectivity index (χ4v) is 6.16. The van der Waals surface area contributed by atoms with Gasteiger partial charge >= 0.3 is 6.03 Å². The molecule has 0 aromatic heterocycles. The predicted octanol–water partition coefficient (Wildman–Crippen LogP) is 3.48. The molecule has 4 rings (SSSR count). The fourth-order valence-electron chi connectivity index (χ4n) is 6.16. The Kier molecular flexibility index (Phi) is 13.1. The number of Topliss-reactive ketones (excluding diaryl/α,β-unsaturated/α-hetero) is 1. The molecule has 2 saturated carbocycles. The number of amides is 4. The number of ketones is 1. The van der Waals surface area contributed by atoms with Crippen LogP contribution in [0, 0.1) is 5.92 Å². The highest BCUT2D eigenvalue weighted by molar-refractivity contribution is 6.38. The van der Waals surface area contributed by atoms with Crippen LogP contribution in [0.5, 0.6) is 0 Å². The Hall–Kier alpha value is -2.98. The van der Waals surface area contributed by atoms with Crippen molar-refractivity contribution in [2.24, 2.45) is 5.92 Å². The molecule has 232 valence electrons. The van der Waals surface area contributed by atoms with Gasteiger partial charge < -0.3 is 30.3 Å². The third-order valence-corrected chi connectivity index (χ3v) is 8.67. The van der Waals surface area contributed by atoms with E-state index < -0.39 is 29.7 Å². The second kappa shape index (κ2) is 17.2. The van der Waals surface area contributed by atoms with Gasteiger partial charge in [0.15, 0.2) is 0 Å². The molecule has 3 aliphatic rings. The van der Waals surface area contributed by atoms with Crippen molar-refractivity contribution in [1.29, 1.82) is 0 Å². The summed E-state index contributed by atoms with van der Waals surface area (Å²) in [6.07, 6.45) is 11.0. The first kappa shape index (κ1) is 31.9. The van der Waals surface area contributed by atoms with Crippen LogP contribution in [-0.4, -0.2) is 79.6 Å². The lowest BCUT2D eigenvalue weighted by Gasteiger charge is -2.31. The summed E-state index contributed by atoms with van der Waals surface area (Å²) in [5.41, 5.74) is 0.998. The maximum absolute atomic E-state index is 13.7. The second-order valence-corrected chi connectivity index (χ2v) is 11.9. The van der Waals surface area contributed by atoms with E-state index in [0.29, 0.717) is 45.2 Å². The van der Waals surface area contributed by atoms with Gasteiger partial charge in [0.1, 0.15) is 6.04 Å². The molecule has 2 atom stereocenters. The number of rotatable bonds is 13. The SMILES string of the molecule is O=C(NC1CCCCC1)C(=O)C(CCOCc1ccccc1)NC(=O)C(CC1CCCCC1)NC(=O)N1CCOCC1. The highest BCUT2D eigenvalue weighted by Crippen LogP contribution is 2.27. The van der Waals surface area contributed by atoms with Crippen molar-refractivity contribution in [3.63, 3.8) is 0 Å².